The number of hydrogen-bond acceptors (Lipinski definition) is 3. The van der Waals surface area contributed by atoms with Crippen molar-refractivity contribution >= 4 is 16.7 Å². The number of benzene rings is 1. The third kappa shape index (κ3) is 1.93. The highest BCUT2D eigenvalue weighted by Gasteiger charge is 2.14. The molecular weight excluding hydrogens is 240 g/mol. The maximum absolute atomic E-state index is 11.3. The second-order valence-electron chi connectivity index (χ2n) is 4.11. The minimum Gasteiger partial charge on any atom is -0.476 e. The quantitative estimate of drug-likeness (QED) is 0.759. The molecule has 0 atom stereocenters. The van der Waals surface area contributed by atoms with E-state index in [9.17, 15) is 9.90 Å². The highest BCUT2D eigenvalue weighted by atomic mass is 16.4. The average molecular weight is 250 g/mol. The van der Waals surface area contributed by atoms with Gasteiger partial charge in [0.05, 0.1) is 0 Å². The molecule has 0 amide bonds. The molecule has 0 radical (unpaired) electrons. The van der Waals surface area contributed by atoms with Gasteiger partial charge in [-0.2, -0.15) is 0 Å². The van der Waals surface area contributed by atoms with Crippen LogP contribution < -0.4 is 0 Å². The zero-order valence-electron chi connectivity index (χ0n) is 9.95. The van der Waals surface area contributed by atoms with Crippen LogP contribution in [0.4, 0.5) is 0 Å². The highest BCUT2D eigenvalue weighted by Crippen LogP contribution is 2.29. The number of aromatic carboxylic acids is 1. The number of nitrogens with zero attached hydrogens (tertiary/aromatic N) is 2. The van der Waals surface area contributed by atoms with E-state index in [1.807, 2.05) is 24.3 Å². The van der Waals surface area contributed by atoms with Gasteiger partial charge in [-0.3, -0.25) is 4.98 Å². The predicted molar refractivity (Wildman–Crippen MR) is 71.9 cm³/mol. The summed E-state index contributed by atoms with van der Waals surface area (Å²) in [6.45, 7) is 0. The van der Waals surface area contributed by atoms with Crippen LogP contribution in [0.2, 0.25) is 0 Å². The molecule has 3 rings (SSSR count). The molecule has 0 aliphatic heterocycles. The van der Waals surface area contributed by atoms with Crippen molar-refractivity contribution in [2.75, 3.05) is 0 Å². The first-order valence-corrected chi connectivity index (χ1v) is 5.79. The van der Waals surface area contributed by atoms with Gasteiger partial charge in [-0.05, 0) is 23.1 Å². The normalized spacial score (nSPS) is 10.5. The van der Waals surface area contributed by atoms with Crippen molar-refractivity contribution in [1.29, 1.82) is 0 Å². The maximum Gasteiger partial charge on any atom is 0.355 e. The van der Waals surface area contributed by atoms with Crippen molar-refractivity contribution in [3.8, 4) is 11.1 Å². The molecule has 2 aromatic heterocycles. The van der Waals surface area contributed by atoms with Gasteiger partial charge in [-0.25, -0.2) is 9.78 Å². The molecule has 0 aliphatic carbocycles. The summed E-state index contributed by atoms with van der Waals surface area (Å²) in [5.74, 6) is -1.03. The number of carboxylic acids is 1. The van der Waals surface area contributed by atoms with Crippen molar-refractivity contribution in [3.63, 3.8) is 0 Å². The van der Waals surface area contributed by atoms with Crippen LogP contribution in [-0.4, -0.2) is 21.0 Å². The fraction of sp³-hybridized carbons (Fsp3) is 0. The van der Waals surface area contributed by atoms with Gasteiger partial charge < -0.3 is 5.11 Å². The first-order valence-electron chi connectivity index (χ1n) is 5.79. The Kier molecular flexibility index (Phi) is 2.68. The second kappa shape index (κ2) is 4.49. The summed E-state index contributed by atoms with van der Waals surface area (Å²) < 4.78 is 0. The Bertz CT molecular complexity index is 763. The zero-order valence-corrected chi connectivity index (χ0v) is 9.95. The summed E-state index contributed by atoms with van der Waals surface area (Å²) in [4.78, 5) is 19.3. The molecule has 4 heteroatoms. The van der Waals surface area contributed by atoms with Crippen LogP contribution in [0.5, 0.6) is 0 Å². The van der Waals surface area contributed by atoms with Crippen molar-refractivity contribution in [1.82, 2.24) is 9.97 Å². The lowest BCUT2D eigenvalue weighted by Crippen LogP contribution is -2.02. The largest absolute Gasteiger partial charge is 0.476 e. The summed E-state index contributed by atoms with van der Waals surface area (Å²) in [6, 6.07) is 11.1. The van der Waals surface area contributed by atoms with E-state index >= 15 is 0 Å². The minimum absolute atomic E-state index is 0.0545. The highest BCUT2D eigenvalue weighted by molar-refractivity contribution is 6.02. The average Bonchev–Trinajstić information content (AvgIpc) is 2.46. The maximum atomic E-state index is 11.3. The van der Waals surface area contributed by atoms with Gasteiger partial charge in [0.15, 0.2) is 5.69 Å². The molecule has 3 aromatic rings. The summed E-state index contributed by atoms with van der Waals surface area (Å²) in [5, 5.41) is 11.2. The van der Waals surface area contributed by atoms with E-state index in [1.165, 1.54) is 6.20 Å². The Labute approximate surface area is 109 Å². The molecule has 0 spiro atoms. The van der Waals surface area contributed by atoms with E-state index in [1.54, 1.807) is 24.5 Å². The van der Waals surface area contributed by atoms with E-state index in [4.69, 9.17) is 0 Å². The topological polar surface area (TPSA) is 63.1 Å². The molecule has 0 saturated carbocycles. The monoisotopic (exact) mass is 250 g/mol. The van der Waals surface area contributed by atoms with Gasteiger partial charge in [-0.15, -0.1) is 0 Å². The van der Waals surface area contributed by atoms with E-state index in [2.05, 4.69) is 9.97 Å². The second-order valence-corrected chi connectivity index (χ2v) is 4.11. The molecule has 2 heterocycles. The zero-order chi connectivity index (χ0) is 13.2. The summed E-state index contributed by atoms with van der Waals surface area (Å²) in [6.07, 6.45) is 4.94. The Morgan fingerprint density at radius 2 is 1.84 bits per heavy atom. The molecule has 0 fully saturated rings. The Morgan fingerprint density at radius 3 is 2.68 bits per heavy atom. The van der Waals surface area contributed by atoms with Gasteiger partial charge in [0, 0.05) is 29.5 Å². The molecule has 0 saturated heterocycles. The molecule has 1 aromatic carbocycles. The fourth-order valence-electron chi connectivity index (χ4n) is 2.14. The molecule has 92 valence electrons. The van der Waals surface area contributed by atoms with Gasteiger partial charge in [-0.1, -0.05) is 24.3 Å². The number of rotatable bonds is 2. The molecular formula is C15H10N2O2. The minimum atomic E-state index is -1.03. The smallest absolute Gasteiger partial charge is 0.355 e. The Balaban J connectivity index is 2.34. The molecule has 0 unspecified atom stereocenters. The summed E-state index contributed by atoms with van der Waals surface area (Å²) in [5.41, 5.74) is 1.49. The van der Waals surface area contributed by atoms with Gasteiger partial charge >= 0.3 is 5.97 Å². The Hall–Kier alpha value is -2.75. The van der Waals surface area contributed by atoms with E-state index < -0.39 is 5.97 Å². The number of pyridine rings is 2. The lowest BCUT2D eigenvalue weighted by Gasteiger charge is -2.08. The van der Waals surface area contributed by atoms with E-state index in [0.717, 1.165) is 16.3 Å². The molecule has 19 heavy (non-hydrogen) atoms. The number of carboxylic acid groups (broad SMARTS) is 1. The molecule has 4 nitrogen and oxygen atoms in total. The number of carbonyl (C=O) groups is 1. The predicted octanol–water partition coefficient (Wildman–Crippen LogP) is 3.00. The standard InChI is InChI=1S/C15H10N2O2/c18-15(19)14-12(5-2-7-17-14)11-4-1-3-10-6-8-16-9-13(10)11/h1-9H,(H,18,19). The van der Waals surface area contributed by atoms with Crippen LogP contribution in [0.15, 0.2) is 55.0 Å². The fourth-order valence-corrected chi connectivity index (χ4v) is 2.14. The van der Waals surface area contributed by atoms with Gasteiger partial charge in [0.1, 0.15) is 0 Å². The van der Waals surface area contributed by atoms with Crippen LogP contribution in [-0.2, 0) is 0 Å². The van der Waals surface area contributed by atoms with E-state index in [-0.39, 0.29) is 5.69 Å². The first-order chi connectivity index (χ1) is 9.27. The van der Waals surface area contributed by atoms with Crippen LogP contribution in [0.25, 0.3) is 21.9 Å². The first kappa shape index (κ1) is 11.3. The molecule has 1 N–H and O–H groups in total. The van der Waals surface area contributed by atoms with Crippen molar-refractivity contribution < 1.29 is 9.90 Å². The van der Waals surface area contributed by atoms with Crippen LogP contribution in [0, 0.1) is 0 Å². The van der Waals surface area contributed by atoms with Gasteiger partial charge in [0.2, 0.25) is 0 Å². The summed E-state index contributed by atoms with van der Waals surface area (Å²) >= 11 is 0. The Morgan fingerprint density at radius 1 is 1.00 bits per heavy atom. The van der Waals surface area contributed by atoms with Crippen LogP contribution >= 0.6 is 0 Å². The van der Waals surface area contributed by atoms with Crippen LogP contribution in [0.3, 0.4) is 0 Å². The van der Waals surface area contributed by atoms with Crippen molar-refractivity contribution in [2.24, 2.45) is 0 Å². The lowest BCUT2D eigenvalue weighted by molar-refractivity contribution is 0.0691. The third-order valence-corrected chi connectivity index (χ3v) is 2.98. The third-order valence-electron chi connectivity index (χ3n) is 2.98. The van der Waals surface area contributed by atoms with E-state index in [0.29, 0.717) is 5.56 Å². The lowest BCUT2D eigenvalue weighted by atomic mass is 9.98. The summed E-state index contributed by atoms with van der Waals surface area (Å²) in [7, 11) is 0. The number of fused-ring (bicyclic) bond motifs is 1. The van der Waals surface area contributed by atoms with Crippen LogP contribution in [0.1, 0.15) is 10.5 Å². The van der Waals surface area contributed by atoms with Crippen molar-refractivity contribution in [2.45, 2.75) is 0 Å². The SMILES string of the molecule is O=C(O)c1ncccc1-c1cccc2ccncc12. The van der Waals surface area contributed by atoms with Crippen molar-refractivity contribution in [3.05, 3.63) is 60.7 Å². The molecule has 0 aliphatic rings. The number of hydrogen-bond donors (Lipinski definition) is 1. The molecule has 0 bridgehead atoms. The van der Waals surface area contributed by atoms with Gasteiger partial charge in [0.25, 0.3) is 0 Å². The number of aromatic nitrogens is 2.